The molecular formula is C14H17N3O. The molecule has 0 saturated heterocycles. The summed E-state index contributed by atoms with van der Waals surface area (Å²) in [5, 5.41) is 0. The van der Waals surface area contributed by atoms with E-state index in [4.69, 9.17) is 10.5 Å². The number of aromatic nitrogens is 2. The molecule has 2 rings (SSSR count). The van der Waals surface area contributed by atoms with Gasteiger partial charge in [-0.3, -0.25) is 4.98 Å². The molecule has 0 aliphatic heterocycles. The molecule has 2 aromatic rings. The molecule has 0 spiro atoms. The van der Waals surface area contributed by atoms with Crippen LogP contribution >= 0.6 is 0 Å². The standard InChI is InChI=1S/C14H17N3O/c1-9-4-5-11(10(2)8-9)12(15)13-14(18-3)17-7-6-16-13/h4-8,12H,15H2,1-3H3. The van der Waals surface area contributed by atoms with Crippen molar-refractivity contribution in [3.63, 3.8) is 0 Å². The van der Waals surface area contributed by atoms with Crippen LogP contribution in [0.4, 0.5) is 0 Å². The fourth-order valence-corrected chi connectivity index (χ4v) is 2.03. The average Bonchev–Trinajstić information content (AvgIpc) is 2.38. The maximum absolute atomic E-state index is 6.26. The van der Waals surface area contributed by atoms with E-state index in [0.29, 0.717) is 11.6 Å². The minimum atomic E-state index is -0.325. The van der Waals surface area contributed by atoms with Gasteiger partial charge in [0.15, 0.2) is 0 Å². The topological polar surface area (TPSA) is 61.0 Å². The second kappa shape index (κ2) is 5.14. The van der Waals surface area contributed by atoms with E-state index in [1.54, 1.807) is 19.5 Å². The fraction of sp³-hybridized carbons (Fsp3) is 0.286. The van der Waals surface area contributed by atoms with Crippen LogP contribution in [0.5, 0.6) is 5.88 Å². The quantitative estimate of drug-likeness (QED) is 0.897. The smallest absolute Gasteiger partial charge is 0.237 e. The number of rotatable bonds is 3. The third kappa shape index (κ3) is 2.33. The lowest BCUT2D eigenvalue weighted by Gasteiger charge is -2.16. The molecule has 0 amide bonds. The lowest BCUT2D eigenvalue weighted by molar-refractivity contribution is 0.387. The Morgan fingerprint density at radius 3 is 2.56 bits per heavy atom. The first kappa shape index (κ1) is 12.5. The van der Waals surface area contributed by atoms with Gasteiger partial charge in [0.05, 0.1) is 13.2 Å². The van der Waals surface area contributed by atoms with Gasteiger partial charge in [-0.25, -0.2) is 4.98 Å². The van der Waals surface area contributed by atoms with Crippen LogP contribution in [0.2, 0.25) is 0 Å². The van der Waals surface area contributed by atoms with Crippen LogP contribution in [0.3, 0.4) is 0 Å². The largest absolute Gasteiger partial charge is 0.480 e. The summed E-state index contributed by atoms with van der Waals surface area (Å²) < 4.78 is 5.20. The molecule has 0 bridgehead atoms. The summed E-state index contributed by atoms with van der Waals surface area (Å²) >= 11 is 0. The number of benzene rings is 1. The molecule has 1 heterocycles. The van der Waals surface area contributed by atoms with E-state index in [9.17, 15) is 0 Å². The van der Waals surface area contributed by atoms with E-state index in [0.717, 1.165) is 11.1 Å². The van der Waals surface area contributed by atoms with Crippen molar-refractivity contribution in [2.24, 2.45) is 5.73 Å². The van der Waals surface area contributed by atoms with Gasteiger partial charge in [0, 0.05) is 12.4 Å². The third-order valence-corrected chi connectivity index (χ3v) is 2.94. The summed E-state index contributed by atoms with van der Waals surface area (Å²) in [7, 11) is 1.57. The normalized spacial score (nSPS) is 12.2. The zero-order valence-electron chi connectivity index (χ0n) is 10.8. The summed E-state index contributed by atoms with van der Waals surface area (Å²) in [6.07, 6.45) is 3.22. The average molecular weight is 243 g/mol. The van der Waals surface area contributed by atoms with Crippen molar-refractivity contribution >= 4 is 0 Å². The highest BCUT2D eigenvalue weighted by Crippen LogP contribution is 2.26. The third-order valence-electron chi connectivity index (χ3n) is 2.94. The summed E-state index contributed by atoms with van der Waals surface area (Å²) in [6, 6.07) is 5.86. The molecule has 0 aliphatic rings. The first-order valence-corrected chi connectivity index (χ1v) is 5.81. The zero-order valence-corrected chi connectivity index (χ0v) is 10.8. The van der Waals surface area contributed by atoms with Crippen molar-refractivity contribution in [1.82, 2.24) is 9.97 Å². The van der Waals surface area contributed by atoms with Crippen molar-refractivity contribution in [1.29, 1.82) is 0 Å². The second-order valence-corrected chi connectivity index (χ2v) is 4.29. The van der Waals surface area contributed by atoms with Gasteiger partial charge in [0.2, 0.25) is 5.88 Å². The molecule has 1 aromatic heterocycles. The predicted octanol–water partition coefficient (Wildman–Crippen LogP) is 2.15. The molecule has 4 heteroatoms. The van der Waals surface area contributed by atoms with Gasteiger partial charge < -0.3 is 10.5 Å². The van der Waals surface area contributed by atoms with E-state index < -0.39 is 0 Å². The van der Waals surface area contributed by atoms with Gasteiger partial charge >= 0.3 is 0 Å². The molecule has 4 nitrogen and oxygen atoms in total. The highest BCUT2D eigenvalue weighted by atomic mass is 16.5. The molecule has 0 aliphatic carbocycles. The first-order chi connectivity index (χ1) is 8.63. The Morgan fingerprint density at radius 1 is 1.17 bits per heavy atom. The number of hydrogen-bond acceptors (Lipinski definition) is 4. The Kier molecular flexibility index (Phi) is 3.58. The molecule has 1 atom stereocenters. The van der Waals surface area contributed by atoms with E-state index in [-0.39, 0.29) is 6.04 Å². The van der Waals surface area contributed by atoms with E-state index >= 15 is 0 Å². The van der Waals surface area contributed by atoms with Crippen molar-refractivity contribution < 1.29 is 4.74 Å². The zero-order chi connectivity index (χ0) is 13.1. The molecule has 2 N–H and O–H groups in total. The molecule has 0 radical (unpaired) electrons. The van der Waals surface area contributed by atoms with Crippen molar-refractivity contribution in [2.45, 2.75) is 19.9 Å². The Hall–Kier alpha value is -1.94. The molecule has 18 heavy (non-hydrogen) atoms. The lowest BCUT2D eigenvalue weighted by Crippen LogP contribution is -2.16. The second-order valence-electron chi connectivity index (χ2n) is 4.29. The Morgan fingerprint density at radius 2 is 1.89 bits per heavy atom. The summed E-state index contributed by atoms with van der Waals surface area (Å²) in [6.45, 7) is 4.11. The van der Waals surface area contributed by atoms with Crippen LogP contribution in [0, 0.1) is 13.8 Å². The molecule has 94 valence electrons. The number of aryl methyl sites for hydroxylation is 2. The summed E-state index contributed by atoms with van der Waals surface area (Å²) in [5.41, 5.74) is 10.3. The minimum absolute atomic E-state index is 0.325. The minimum Gasteiger partial charge on any atom is -0.480 e. The molecule has 0 fully saturated rings. The lowest BCUT2D eigenvalue weighted by atomic mass is 9.98. The van der Waals surface area contributed by atoms with Crippen molar-refractivity contribution in [3.05, 3.63) is 53.0 Å². The van der Waals surface area contributed by atoms with Gasteiger partial charge in [-0.15, -0.1) is 0 Å². The van der Waals surface area contributed by atoms with Crippen LogP contribution in [0.1, 0.15) is 28.4 Å². The molecule has 1 aromatic carbocycles. The van der Waals surface area contributed by atoms with Crippen LogP contribution in [0.25, 0.3) is 0 Å². The first-order valence-electron chi connectivity index (χ1n) is 5.81. The Balaban J connectivity index is 2.44. The molecular weight excluding hydrogens is 226 g/mol. The van der Waals surface area contributed by atoms with Gasteiger partial charge in [0.1, 0.15) is 5.69 Å². The maximum atomic E-state index is 6.26. The molecule has 1 unspecified atom stereocenters. The van der Waals surface area contributed by atoms with E-state index in [1.165, 1.54) is 5.56 Å². The SMILES string of the molecule is COc1nccnc1C(N)c1ccc(C)cc1C. The Bertz CT molecular complexity index is 554. The number of hydrogen-bond donors (Lipinski definition) is 1. The van der Waals surface area contributed by atoms with Crippen molar-refractivity contribution in [3.8, 4) is 5.88 Å². The van der Waals surface area contributed by atoms with Crippen LogP contribution in [-0.2, 0) is 0 Å². The monoisotopic (exact) mass is 243 g/mol. The highest BCUT2D eigenvalue weighted by Gasteiger charge is 2.17. The van der Waals surface area contributed by atoms with Crippen molar-refractivity contribution in [2.75, 3.05) is 7.11 Å². The van der Waals surface area contributed by atoms with E-state index in [2.05, 4.69) is 23.0 Å². The highest BCUT2D eigenvalue weighted by molar-refractivity contribution is 5.38. The number of methoxy groups -OCH3 is 1. The van der Waals surface area contributed by atoms with Gasteiger partial charge in [-0.2, -0.15) is 0 Å². The van der Waals surface area contributed by atoms with E-state index in [1.807, 2.05) is 19.1 Å². The number of nitrogens with two attached hydrogens (primary N) is 1. The van der Waals surface area contributed by atoms with Gasteiger partial charge in [-0.1, -0.05) is 23.8 Å². The van der Waals surface area contributed by atoms with Crippen LogP contribution < -0.4 is 10.5 Å². The predicted molar refractivity (Wildman–Crippen MR) is 70.5 cm³/mol. The summed E-state index contributed by atoms with van der Waals surface area (Å²) in [5.74, 6) is 0.477. The molecule has 0 saturated carbocycles. The summed E-state index contributed by atoms with van der Waals surface area (Å²) in [4.78, 5) is 8.40. The van der Waals surface area contributed by atoms with Crippen LogP contribution in [0.15, 0.2) is 30.6 Å². The number of nitrogens with zero attached hydrogens (tertiary/aromatic N) is 2. The van der Waals surface area contributed by atoms with Crippen LogP contribution in [-0.4, -0.2) is 17.1 Å². The number of ether oxygens (including phenoxy) is 1. The van der Waals surface area contributed by atoms with Gasteiger partial charge in [-0.05, 0) is 25.0 Å². The fourth-order valence-electron chi connectivity index (χ4n) is 2.03. The van der Waals surface area contributed by atoms with Gasteiger partial charge in [0.25, 0.3) is 0 Å². The Labute approximate surface area is 107 Å². The maximum Gasteiger partial charge on any atom is 0.237 e.